The average molecular weight is 248 g/mol. The van der Waals surface area contributed by atoms with E-state index in [1.165, 1.54) is 17.5 Å². The first-order valence-electron chi connectivity index (χ1n) is 6.13. The molecular formula is C11H16N6O. The van der Waals surface area contributed by atoms with Crippen LogP contribution in [0.25, 0.3) is 11.0 Å². The van der Waals surface area contributed by atoms with Crippen molar-refractivity contribution in [3.05, 3.63) is 16.6 Å². The minimum absolute atomic E-state index is 0.117. The van der Waals surface area contributed by atoms with E-state index in [2.05, 4.69) is 20.7 Å². The lowest BCUT2D eigenvalue weighted by molar-refractivity contribution is 0.395. The molecule has 2 aromatic rings. The monoisotopic (exact) mass is 248 g/mol. The van der Waals surface area contributed by atoms with E-state index >= 15 is 0 Å². The summed E-state index contributed by atoms with van der Waals surface area (Å²) >= 11 is 0. The Balaban J connectivity index is 1.96. The lowest BCUT2D eigenvalue weighted by Gasteiger charge is -2.15. The molecule has 96 valence electrons. The third kappa shape index (κ3) is 1.80. The average Bonchev–Trinajstić information content (AvgIpc) is 3.14. The van der Waals surface area contributed by atoms with Gasteiger partial charge < -0.3 is 5.32 Å². The number of likely N-dealkylation sites (N-methyl/N-ethyl adjacent to an activating group) is 1. The van der Waals surface area contributed by atoms with Gasteiger partial charge in [-0.15, -0.1) is 5.10 Å². The molecule has 2 aromatic heterocycles. The Bertz CT molecular complexity index is 626. The van der Waals surface area contributed by atoms with Crippen molar-refractivity contribution < 1.29 is 0 Å². The molecule has 7 nitrogen and oxygen atoms in total. The van der Waals surface area contributed by atoms with Crippen LogP contribution in [0.5, 0.6) is 0 Å². The number of aromatic nitrogens is 5. The molecule has 0 spiro atoms. The number of nitrogens with zero attached hydrogens (tertiary/aromatic N) is 5. The number of hydrogen-bond donors (Lipinski definition) is 1. The summed E-state index contributed by atoms with van der Waals surface area (Å²) in [6.45, 7) is 0.567. The van der Waals surface area contributed by atoms with Gasteiger partial charge in [-0.2, -0.15) is 5.10 Å². The van der Waals surface area contributed by atoms with Crippen molar-refractivity contribution in [1.29, 1.82) is 0 Å². The minimum atomic E-state index is -0.117. The third-order valence-corrected chi connectivity index (χ3v) is 3.55. The number of aryl methyl sites for hydroxylation is 1. The Hall–Kier alpha value is -1.76. The van der Waals surface area contributed by atoms with E-state index in [-0.39, 0.29) is 5.56 Å². The van der Waals surface area contributed by atoms with Crippen molar-refractivity contribution in [2.45, 2.75) is 25.4 Å². The maximum atomic E-state index is 12.2. The van der Waals surface area contributed by atoms with Crippen LogP contribution in [0.15, 0.2) is 11.0 Å². The molecule has 2 heterocycles. The Labute approximate surface area is 104 Å². The smallest absolute Gasteiger partial charge is 0.280 e. The highest BCUT2D eigenvalue weighted by molar-refractivity contribution is 5.72. The number of nitrogens with one attached hydrogen (secondary N) is 1. The lowest BCUT2D eigenvalue weighted by atomic mass is 10.2. The summed E-state index contributed by atoms with van der Waals surface area (Å²) in [6, 6.07) is 0.297. The molecule has 0 aromatic carbocycles. The molecule has 3 rings (SSSR count). The SMILES string of the molecule is CNC(Cn1nnc2c(cnn2C)c1=O)C1CC1. The molecule has 7 heteroatoms. The summed E-state index contributed by atoms with van der Waals surface area (Å²) in [7, 11) is 3.67. The molecule has 1 N–H and O–H groups in total. The Kier molecular flexibility index (Phi) is 2.62. The summed E-state index contributed by atoms with van der Waals surface area (Å²) in [5, 5.41) is 15.8. The van der Waals surface area contributed by atoms with E-state index in [1.807, 2.05) is 7.05 Å². The van der Waals surface area contributed by atoms with Gasteiger partial charge in [-0.3, -0.25) is 4.79 Å². The van der Waals surface area contributed by atoms with E-state index in [1.54, 1.807) is 17.9 Å². The highest BCUT2D eigenvalue weighted by Gasteiger charge is 2.30. The molecule has 0 radical (unpaired) electrons. The Morgan fingerprint density at radius 3 is 3.00 bits per heavy atom. The molecule has 1 saturated carbocycles. The number of fused-ring (bicyclic) bond motifs is 1. The zero-order chi connectivity index (χ0) is 12.7. The second kappa shape index (κ2) is 4.16. The zero-order valence-electron chi connectivity index (χ0n) is 10.5. The topological polar surface area (TPSA) is 77.6 Å². The van der Waals surface area contributed by atoms with Gasteiger partial charge >= 0.3 is 0 Å². The van der Waals surface area contributed by atoms with Gasteiger partial charge in [0.2, 0.25) is 0 Å². The van der Waals surface area contributed by atoms with Crippen molar-refractivity contribution in [2.75, 3.05) is 7.05 Å². The van der Waals surface area contributed by atoms with Crippen LogP contribution in [0.4, 0.5) is 0 Å². The Morgan fingerprint density at radius 1 is 1.56 bits per heavy atom. The van der Waals surface area contributed by atoms with Crippen LogP contribution in [0.1, 0.15) is 12.8 Å². The quantitative estimate of drug-likeness (QED) is 0.791. The molecule has 0 saturated heterocycles. The van der Waals surface area contributed by atoms with Crippen molar-refractivity contribution in [2.24, 2.45) is 13.0 Å². The zero-order valence-corrected chi connectivity index (χ0v) is 10.5. The minimum Gasteiger partial charge on any atom is -0.315 e. The van der Waals surface area contributed by atoms with Gasteiger partial charge in [0.1, 0.15) is 5.39 Å². The highest BCUT2D eigenvalue weighted by Crippen LogP contribution is 2.32. The first-order valence-corrected chi connectivity index (χ1v) is 6.13. The van der Waals surface area contributed by atoms with Crippen LogP contribution in [0, 0.1) is 5.92 Å². The first kappa shape index (κ1) is 11.3. The van der Waals surface area contributed by atoms with Crippen LogP contribution in [0.3, 0.4) is 0 Å². The fourth-order valence-corrected chi connectivity index (χ4v) is 2.26. The Morgan fingerprint density at radius 2 is 2.33 bits per heavy atom. The number of rotatable bonds is 4. The molecule has 18 heavy (non-hydrogen) atoms. The van der Waals surface area contributed by atoms with Gasteiger partial charge in [0.25, 0.3) is 5.56 Å². The molecule has 1 fully saturated rings. The van der Waals surface area contributed by atoms with Crippen molar-refractivity contribution in [3.8, 4) is 0 Å². The predicted molar refractivity (Wildman–Crippen MR) is 66.1 cm³/mol. The molecule has 1 atom stereocenters. The largest absolute Gasteiger partial charge is 0.315 e. The third-order valence-electron chi connectivity index (χ3n) is 3.55. The summed E-state index contributed by atoms with van der Waals surface area (Å²) < 4.78 is 2.99. The van der Waals surface area contributed by atoms with Gasteiger partial charge in [-0.1, -0.05) is 5.21 Å². The maximum absolute atomic E-state index is 12.2. The predicted octanol–water partition coefficient (Wildman–Crippen LogP) is -0.477. The molecule has 0 bridgehead atoms. The van der Waals surface area contributed by atoms with Gasteiger partial charge in [0.05, 0.1) is 12.7 Å². The molecule has 0 aliphatic heterocycles. The fourth-order valence-electron chi connectivity index (χ4n) is 2.26. The molecule has 0 amide bonds. The normalized spacial score (nSPS) is 17.2. The van der Waals surface area contributed by atoms with E-state index in [0.29, 0.717) is 29.5 Å². The van der Waals surface area contributed by atoms with Crippen molar-refractivity contribution in [1.82, 2.24) is 30.1 Å². The molecule has 1 aliphatic rings. The summed E-state index contributed by atoms with van der Waals surface area (Å²) in [5.41, 5.74) is 0.415. The van der Waals surface area contributed by atoms with E-state index in [0.717, 1.165) is 0 Å². The van der Waals surface area contributed by atoms with Crippen LogP contribution in [0.2, 0.25) is 0 Å². The standard InChI is InChI=1S/C11H16N6O/c1-12-9(7-3-4-7)6-17-11(18)8-5-13-16(2)10(8)14-15-17/h5,7,9,12H,3-4,6H2,1-2H3. The van der Waals surface area contributed by atoms with Crippen LogP contribution in [-0.4, -0.2) is 37.9 Å². The summed E-state index contributed by atoms with van der Waals surface area (Å²) in [6.07, 6.45) is 4.00. The van der Waals surface area contributed by atoms with Crippen LogP contribution in [-0.2, 0) is 13.6 Å². The van der Waals surface area contributed by atoms with Crippen LogP contribution >= 0.6 is 0 Å². The van der Waals surface area contributed by atoms with Gasteiger partial charge in [-0.25, -0.2) is 9.36 Å². The number of hydrogen-bond acceptors (Lipinski definition) is 5. The second-order valence-corrected chi connectivity index (χ2v) is 4.81. The van der Waals surface area contributed by atoms with Crippen molar-refractivity contribution >= 4 is 11.0 Å². The van der Waals surface area contributed by atoms with E-state index < -0.39 is 0 Å². The summed E-state index contributed by atoms with van der Waals surface area (Å²) in [4.78, 5) is 12.2. The maximum Gasteiger partial charge on any atom is 0.280 e. The van der Waals surface area contributed by atoms with Crippen LogP contribution < -0.4 is 10.9 Å². The second-order valence-electron chi connectivity index (χ2n) is 4.81. The highest BCUT2D eigenvalue weighted by atomic mass is 16.1. The van der Waals surface area contributed by atoms with E-state index in [4.69, 9.17) is 0 Å². The fraction of sp³-hybridized carbons (Fsp3) is 0.636. The van der Waals surface area contributed by atoms with E-state index in [9.17, 15) is 4.79 Å². The lowest BCUT2D eigenvalue weighted by Crippen LogP contribution is -2.37. The summed E-state index contributed by atoms with van der Waals surface area (Å²) in [5.74, 6) is 0.660. The van der Waals surface area contributed by atoms with Crippen molar-refractivity contribution in [3.63, 3.8) is 0 Å². The van der Waals surface area contributed by atoms with Gasteiger partial charge in [0, 0.05) is 13.1 Å². The first-order chi connectivity index (χ1) is 8.70. The van der Waals surface area contributed by atoms with Gasteiger partial charge in [0.15, 0.2) is 5.65 Å². The van der Waals surface area contributed by atoms with Gasteiger partial charge in [-0.05, 0) is 25.8 Å². The molecule has 1 unspecified atom stereocenters. The molecule has 1 aliphatic carbocycles. The molecular weight excluding hydrogens is 232 g/mol.